The van der Waals surface area contributed by atoms with Gasteiger partial charge in [-0.05, 0) is 48.9 Å². The van der Waals surface area contributed by atoms with Gasteiger partial charge in [-0.25, -0.2) is 4.98 Å². The highest BCUT2D eigenvalue weighted by atomic mass is 32.1. The molecule has 0 aromatic carbocycles. The zero-order valence-corrected chi connectivity index (χ0v) is 13.8. The Morgan fingerprint density at radius 2 is 2.27 bits per heavy atom. The van der Waals surface area contributed by atoms with Crippen LogP contribution in [-0.2, 0) is 0 Å². The van der Waals surface area contributed by atoms with E-state index in [1.165, 1.54) is 11.3 Å². The van der Waals surface area contributed by atoms with Crippen LogP contribution < -0.4 is 4.90 Å². The van der Waals surface area contributed by atoms with Gasteiger partial charge in [0, 0.05) is 32.4 Å². The summed E-state index contributed by atoms with van der Waals surface area (Å²) in [5, 5.41) is 1.98. The molecule has 1 unspecified atom stereocenters. The molecule has 2 aromatic rings. The number of piperidine rings is 1. The van der Waals surface area contributed by atoms with Crippen molar-refractivity contribution in [3.8, 4) is 0 Å². The Bertz CT molecular complexity index is 640. The molecule has 1 aliphatic heterocycles. The quantitative estimate of drug-likeness (QED) is 0.873. The summed E-state index contributed by atoms with van der Waals surface area (Å²) >= 11 is 1.53. The molecule has 5 heteroatoms. The summed E-state index contributed by atoms with van der Waals surface area (Å²) in [5.41, 5.74) is 1.07. The Morgan fingerprint density at radius 3 is 2.95 bits per heavy atom. The van der Waals surface area contributed by atoms with E-state index < -0.39 is 0 Å². The number of likely N-dealkylation sites (N-methyl/N-ethyl adjacent to an activating group) is 1. The maximum atomic E-state index is 12.7. The number of rotatable bonds is 3. The number of hydrogen-bond acceptors (Lipinski definition) is 4. The van der Waals surface area contributed by atoms with E-state index >= 15 is 0 Å². The van der Waals surface area contributed by atoms with Crippen LogP contribution in [0.1, 0.15) is 28.1 Å². The van der Waals surface area contributed by atoms with Crippen LogP contribution in [0.2, 0.25) is 0 Å². The van der Waals surface area contributed by atoms with E-state index in [0.717, 1.165) is 42.2 Å². The van der Waals surface area contributed by atoms with Gasteiger partial charge >= 0.3 is 0 Å². The number of amides is 1. The van der Waals surface area contributed by atoms with Gasteiger partial charge in [0.1, 0.15) is 5.82 Å². The van der Waals surface area contributed by atoms with Gasteiger partial charge in [-0.1, -0.05) is 6.07 Å². The summed E-state index contributed by atoms with van der Waals surface area (Å²) in [5.74, 6) is 1.14. The van der Waals surface area contributed by atoms with E-state index in [1.54, 1.807) is 0 Å². The molecular weight excluding hydrogens is 294 g/mol. The van der Waals surface area contributed by atoms with Crippen molar-refractivity contribution in [2.24, 2.45) is 0 Å². The van der Waals surface area contributed by atoms with Crippen molar-refractivity contribution in [3.63, 3.8) is 0 Å². The Morgan fingerprint density at radius 1 is 1.41 bits per heavy atom. The average molecular weight is 315 g/mol. The normalized spacial score (nSPS) is 18.3. The lowest BCUT2D eigenvalue weighted by Crippen LogP contribution is -2.48. The zero-order valence-electron chi connectivity index (χ0n) is 13.0. The van der Waals surface area contributed by atoms with Gasteiger partial charge < -0.3 is 9.80 Å². The van der Waals surface area contributed by atoms with Crippen molar-refractivity contribution in [1.82, 2.24) is 9.88 Å². The summed E-state index contributed by atoms with van der Waals surface area (Å²) < 4.78 is 0. The molecule has 3 rings (SSSR count). The van der Waals surface area contributed by atoms with Gasteiger partial charge in [0.2, 0.25) is 0 Å². The highest BCUT2D eigenvalue weighted by Gasteiger charge is 2.28. The SMILES string of the molecule is Cc1ccsc1C(=O)N(C)C1CCCN(c2ccccn2)C1. The van der Waals surface area contributed by atoms with Crippen LogP contribution in [0.4, 0.5) is 5.82 Å². The Hall–Kier alpha value is -1.88. The number of aromatic nitrogens is 1. The predicted octanol–water partition coefficient (Wildman–Crippen LogP) is 3.19. The lowest BCUT2D eigenvalue weighted by molar-refractivity contribution is 0.0721. The molecule has 0 spiro atoms. The minimum atomic E-state index is 0.139. The van der Waals surface area contributed by atoms with Gasteiger partial charge in [-0.3, -0.25) is 4.79 Å². The van der Waals surface area contributed by atoms with Crippen molar-refractivity contribution >= 4 is 23.1 Å². The third kappa shape index (κ3) is 2.99. The molecule has 116 valence electrons. The largest absolute Gasteiger partial charge is 0.355 e. The number of aryl methyl sites for hydroxylation is 1. The van der Waals surface area contributed by atoms with Crippen molar-refractivity contribution in [2.75, 3.05) is 25.0 Å². The van der Waals surface area contributed by atoms with Crippen LogP contribution in [-0.4, -0.2) is 42.0 Å². The van der Waals surface area contributed by atoms with Gasteiger partial charge in [0.15, 0.2) is 0 Å². The summed E-state index contributed by atoms with van der Waals surface area (Å²) in [6.07, 6.45) is 3.96. The average Bonchev–Trinajstić information content (AvgIpc) is 3.00. The lowest BCUT2D eigenvalue weighted by atomic mass is 10.0. The highest BCUT2D eigenvalue weighted by Crippen LogP contribution is 2.23. The molecule has 0 saturated carbocycles. The summed E-state index contributed by atoms with van der Waals surface area (Å²) in [6.45, 7) is 3.86. The summed E-state index contributed by atoms with van der Waals surface area (Å²) in [6, 6.07) is 8.22. The van der Waals surface area contributed by atoms with E-state index in [9.17, 15) is 4.79 Å². The van der Waals surface area contributed by atoms with Gasteiger partial charge in [0.05, 0.1) is 4.88 Å². The van der Waals surface area contributed by atoms with Crippen molar-refractivity contribution in [2.45, 2.75) is 25.8 Å². The highest BCUT2D eigenvalue weighted by molar-refractivity contribution is 7.12. The van der Waals surface area contributed by atoms with Crippen LogP contribution in [0.3, 0.4) is 0 Å². The fourth-order valence-corrected chi connectivity index (χ4v) is 3.84. The van der Waals surface area contributed by atoms with Crippen molar-refractivity contribution in [1.29, 1.82) is 0 Å². The number of thiophene rings is 1. The lowest BCUT2D eigenvalue weighted by Gasteiger charge is -2.38. The first-order valence-electron chi connectivity index (χ1n) is 7.64. The maximum Gasteiger partial charge on any atom is 0.264 e. The molecule has 1 saturated heterocycles. The maximum absolute atomic E-state index is 12.7. The van der Waals surface area contributed by atoms with E-state index in [2.05, 4.69) is 9.88 Å². The van der Waals surface area contributed by atoms with Crippen LogP contribution in [0.5, 0.6) is 0 Å². The second-order valence-corrected chi connectivity index (χ2v) is 6.69. The number of nitrogens with zero attached hydrogens (tertiary/aromatic N) is 3. The monoisotopic (exact) mass is 315 g/mol. The standard InChI is InChI=1S/C17H21N3OS/c1-13-8-11-22-16(13)17(21)19(2)14-6-5-10-20(12-14)15-7-3-4-9-18-15/h3-4,7-9,11,14H,5-6,10,12H2,1-2H3. The number of carbonyl (C=O) groups is 1. The summed E-state index contributed by atoms with van der Waals surface area (Å²) in [4.78, 5) is 22.1. The van der Waals surface area contributed by atoms with E-state index in [0.29, 0.717) is 0 Å². The van der Waals surface area contributed by atoms with E-state index in [1.807, 2.05) is 54.7 Å². The molecule has 0 bridgehead atoms. The summed E-state index contributed by atoms with van der Waals surface area (Å²) in [7, 11) is 1.92. The van der Waals surface area contributed by atoms with Crippen LogP contribution >= 0.6 is 11.3 Å². The molecule has 4 nitrogen and oxygen atoms in total. The van der Waals surface area contributed by atoms with Crippen molar-refractivity contribution in [3.05, 3.63) is 46.3 Å². The Kier molecular flexibility index (Phi) is 4.43. The molecule has 1 aliphatic rings. The number of pyridine rings is 1. The zero-order chi connectivity index (χ0) is 15.5. The molecule has 1 atom stereocenters. The van der Waals surface area contributed by atoms with Gasteiger partial charge in [0.25, 0.3) is 5.91 Å². The second kappa shape index (κ2) is 6.48. The van der Waals surface area contributed by atoms with Crippen LogP contribution in [0.15, 0.2) is 35.8 Å². The van der Waals surface area contributed by atoms with Gasteiger partial charge in [-0.2, -0.15) is 0 Å². The molecule has 2 aromatic heterocycles. The third-order valence-electron chi connectivity index (χ3n) is 4.29. The Balaban J connectivity index is 1.72. The minimum Gasteiger partial charge on any atom is -0.355 e. The minimum absolute atomic E-state index is 0.139. The predicted molar refractivity (Wildman–Crippen MR) is 90.6 cm³/mol. The number of anilines is 1. The van der Waals surface area contributed by atoms with Crippen LogP contribution in [0, 0.1) is 6.92 Å². The smallest absolute Gasteiger partial charge is 0.264 e. The second-order valence-electron chi connectivity index (χ2n) is 5.78. The Labute approximate surface area is 135 Å². The first kappa shape index (κ1) is 15.0. The van der Waals surface area contributed by atoms with Crippen molar-refractivity contribution < 1.29 is 4.79 Å². The number of hydrogen-bond donors (Lipinski definition) is 0. The fraction of sp³-hybridized carbons (Fsp3) is 0.412. The molecule has 0 N–H and O–H groups in total. The third-order valence-corrected chi connectivity index (χ3v) is 5.30. The molecule has 3 heterocycles. The van der Waals surface area contributed by atoms with Crippen LogP contribution in [0.25, 0.3) is 0 Å². The molecular formula is C17H21N3OS. The van der Waals surface area contributed by atoms with E-state index in [4.69, 9.17) is 0 Å². The molecule has 0 radical (unpaired) electrons. The molecule has 0 aliphatic carbocycles. The topological polar surface area (TPSA) is 36.4 Å². The van der Waals surface area contributed by atoms with E-state index in [-0.39, 0.29) is 11.9 Å². The first-order valence-corrected chi connectivity index (χ1v) is 8.52. The molecule has 1 fully saturated rings. The molecule has 22 heavy (non-hydrogen) atoms. The first-order chi connectivity index (χ1) is 10.7. The van der Waals surface area contributed by atoms with Gasteiger partial charge in [-0.15, -0.1) is 11.3 Å². The fourth-order valence-electron chi connectivity index (χ4n) is 2.94. The number of carbonyl (C=O) groups excluding carboxylic acids is 1. The molecule has 1 amide bonds.